The Morgan fingerprint density at radius 3 is 2.63 bits per heavy atom. The molecule has 1 saturated heterocycles. The van der Waals surface area contributed by atoms with Crippen LogP contribution in [0.15, 0.2) is 53.7 Å². The maximum Gasteiger partial charge on any atom is 0.232 e. The summed E-state index contributed by atoms with van der Waals surface area (Å²) in [5.74, 6) is 1.83. The van der Waals surface area contributed by atoms with Crippen molar-refractivity contribution in [1.29, 1.82) is 0 Å². The molecule has 1 fully saturated rings. The van der Waals surface area contributed by atoms with E-state index in [0.717, 1.165) is 36.3 Å². The number of hydrogen-bond donors (Lipinski definition) is 2. The van der Waals surface area contributed by atoms with E-state index >= 15 is 0 Å². The van der Waals surface area contributed by atoms with Crippen molar-refractivity contribution < 1.29 is 9.13 Å². The van der Waals surface area contributed by atoms with Gasteiger partial charge in [-0.25, -0.2) is 4.39 Å². The number of halogens is 1. The maximum absolute atomic E-state index is 13.5. The Morgan fingerprint density at radius 1 is 1.09 bits per heavy atom. The number of hydrogen-bond acceptors (Lipinski definition) is 9. The average Bonchev–Trinajstić information content (AvgIpc) is 3.50. The Kier molecular flexibility index (Phi) is 6.87. The van der Waals surface area contributed by atoms with E-state index < -0.39 is 0 Å². The second kappa shape index (κ2) is 10.4. The van der Waals surface area contributed by atoms with Crippen LogP contribution < -0.4 is 11.1 Å². The van der Waals surface area contributed by atoms with Crippen molar-refractivity contribution in [2.45, 2.75) is 43.3 Å². The Hall–Kier alpha value is -3.57. The Bertz CT molecular complexity index is 1290. The van der Waals surface area contributed by atoms with E-state index in [1.54, 1.807) is 12.1 Å². The number of aromatic nitrogens is 6. The van der Waals surface area contributed by atoms with Crippen LogP contribution in [-0.4, -0.2) is 42.4 Å². The van der Waals surface area contributed by atoms with Crippen molar-refractivity contribution in [3.05, 3.63) is 65.7 Å². The van der Waals surface area contributed by atoms with E-state index in [0.29, 0.717) is 35.1 Å². The van der Waals surface area contributed by atoms with E-state index in [1.807, 2.05) is 35.8 Å². The lowest BCUT2D eigenvalue weighted by atomic mass is 10.2. The van der Waals surface area contributed by atoms with Gasteiger partial charge in [0.2, 0.25) is 11.9 Å². The fourth-order valence-corrected chi connectivity index (χ4v) is 4.62. The quantitative estimate of drug-likeness (QED) is 0.346. The lowest BCUT2D eigenvalue weighted by Gasteiger charge is -2.14. The first-order chi connectivity index (χ1) is 17.0. The van der Waals surface area contributed by atoms with Crippen LogP contribution in [0, 0.1) is 12.7 Å². The minimum absolute atomic E-state index is 0.0858. The molecule has 1 atom stereocenters. The lowest BCUT2D eigenvalue weighted by Crippen LogP contribution is -2.16. The summed E-state index contributed by atoms with van der Waals surface area (Å²) in [4.78, 5) is 13.0. The number of thioether (sulfide) groups is 1. The highest BCUT2D eigenvalue weighted by atomic mass is 32.2. The number of aryl methyl sites for hydroxylation is 1. The molecule has 0 unspecified atom stereocenters. The van der Waals surface area contributed by atoms with Crippen LogP contribution in [0.4, 0.5) is 22.0 Å². The second-order valence-corrected chi connectivity index (χ2v) is 9.21. The van der Waals surface area contributed by atoms with Gasteiger partial charge in [0.15, 0.2) is 11.0 Å². The fraction of sp³-hybridized carbons (Fsp3) is 0.292. The van der Waals surface area contributed by atoms with Gasteiger partial charge in [-0.2, -0.15) is 15.0 Å². The zero-order valence-corrected chi connectivity index (χ0v) is 20.0. The molecule has 1 aliphatic rings. The lowest BCUT2D eigenvalue weighted by molar-refractivity contribution is 0.0953. The summed E-state index contributed by atoms with van der Waals surface area (Å²) >= 11 is 1.45. The molecule has 9 nitrogen and oxygen atoms in total. The minimum atomic E-state index is -0.295. The van der Waals surface area contributed by atoms with Gasteiger partial charge < -0.3 is 15.8 Å². The molecule has 0 amide bonds. The van der Waals surface area contributed by atoms with Crippen molar-refractivity contribution in [3.8, 4) is 11.4 Å². The molecule has 3 heterocycles. The van der Waals surface area contributed by atoms with Crippen LogP contribution in [0.3, 0.4) is 0 Å². The molecule has 4 aromatic rings. The summed E-state index contributed by atoms with van der Waals surface area (Å²) in [6.07, 6.45) is 2.09. The van der Waals surface area contributed by atoms with Crippen molar-refractivity contribution >= 4 is 29.3 Å². The Morgan fingerprint density at radius 2 is 1.89 bits per heavy atom. The highest BCUT2D eigenvalue weighted by Crippen LogP contribution is 2.28. The van der Waals surface area contributed by atoms with Crippen LogP contribution in [0.2, 0.25) is 0 Å². The SMILES string of the molecule is Cc1ccc(Nc2nc(N)nc(CSc3nnc(-c4ccc(F)cc4)n3C[C@@H]3CCCO3)n2)cc1. The fourth-order valence-electron chi connectivity index (χ4n) is 3.82. The third kappa shape index (κ3) is 5.75. The molecule has 0 radical (unpaired) electrons. The van der Waals surface area contributed by atoms with Gasteiger partial charge in [0.25, 0.3) is 0 Å². The molecule has 180 valence electrons. The molecule has 3 N–H and O–H groups in total. The van der Waals surface area contributed by atoms with Crippen LogP contribution in [0.25, 0.3) is 11.4 Å². The normalized spacial score (nSPS) is 15.4. The van der Waals surface area contributed by atoms with Crippen LogP contribution in [-0.2, 0) is 17.0 Å². The first-order valence-electron chi connectivity index (χ1n) is 11.3. The number of anilines is 3. The molecule has 0 spiro atoms. The number of rotatable bonds is 8. The van der Waals surface area contributed by atoms with Crippen molar-refractivity contribution in [2.75, 3.05) is 17.7 Å². The third-order valence-electron chi connectivity index (χ3n) is 5.57. The molecule has 0 aliphatic carbocycles. The molecule has 5 rings (SSSR count). The zero-order valence-electron chi connectivity index (χ0n) is 19.2. The summed E-state index contributed by atoms with van der Waals surface area (Å²) in [5.41, 5.74) is 8.76. The van der Waals surface area contributed by atoms with Gasteiger partial charge >= 0.3 is 0 Å². The number of ether oxygens (including phenoxy) is 1. The molecule has 0 bridgehead atoms. The predicted octanol–water partition coefficient (Wildman–Crippen LogP) is 4.37. The molecular formula is C24H25FN8OS. The standard InChI is InChI=1S/C24H25FN8OS/c1-15-4-10-18(11-5-15)27-23-29-20(28-22(26)30-23)14-35-24-32-31-21(16-6-8-17(25)9-7-16)33(24)13-19-3-2-12-34-19/h4-11,19H,2-3,12-14H2,1H3,(H3,26,27,28,29,30)/t19-/m0/s1. The smallest absolute Gasteiger partial charge is 0.232 e. The number of nitrogens with zero attached hydrogens (tertiary/aromatic N) is 6. The van der Waals surface area contributed by atoms with E-state index in [2.05, 4.69) is 30.5 Å². The van der Waals surface area contributed by atoms with Crippen LogP contribution >= 0.6 is 11.8 Å². The van der Waals surface area contributed by atoms with Crippen molar-refractivity contribution in [1.82, 2.24) is 29.7 Å². The van der Waals surface area contributed by atoms with Crippen molar-refractivity contribution in [2.24, 2.45) is 0 Å². The average molecular weight is 493 g/mol. The summed E-state index contributed by atoms with van der Waals surface area (Å²) in [5, 5.41) is 12.7. The van der Waals surface area contributed by atoms with Crippen molar-refractivity contribution in [3.63, 3.8) is 0 Å². The number of benzene rings is 2. The number of nitrogens with two attached hydrogens (primary N) is 1. The van der Waals surface area contributed by atoms with Gasteiger partial charge in [0.1, 0.15) is 11.6 Å². The molecule has 0 saturated carbocycles. The highest BCUT2D eigenvalue weighted by Gasteiger charge is 2.22. The third-order valence-corrected chi connectivity index (χ3v) is 6.53. The monoisotopic (exact) mass is 492 g/mol. The molecule has 11 heteroatoms. The largest absolute Gasteiger partial charge is 0.376 e. The summed E-state index contributed by atoms with van der Waals surface area (Å²) in [6, 6.07) is 14.2. The highest BCUT2D eigenvalue weighted by molar-refractivity contribution is 7.98. The van der Waals surface area contributed by atoms with Crippen LogP contribution in [0.5, 0.6) is 0 Å². The first-order valence-corrected chi connectivity index (χ1v) is 12.3. The minimum Gasteiger partial charge on any atom is -0.376 e. The predicted molar refractivity (Wildman–Crippen MR) is 133 cm³/mol. The molecule has 1 aliphatic heterocycles. The van der Waals surface area contributed by atoms with Gasteiger partial charge in [0, 0.05) is 17.9 Å². The van der Waals surface area contributed by atoms with E-state index in [-0.39, 0.29) is 17.9 Å². The molecular weight excluding hydrogens is 467 g/mol. The van der Waals surface area contributed by atoms with Gasteiger partial charge in [-0.15, -0.1) is 10.2 Å². The second-order valence-electron chi connectivity index (χ2n) is 8.27. The Balaban J connectivity index is 1.36. The summed E-state index contributed by atoms with van der Waals surface area (Å²) in [7, 11) is 0. The summed E-state index contributed by atoms with van der Waals surface area (Å²) < 4.78 is 21.3. The van der Waals surface area contributed by atoms with E-state index in [9.17, 15) is 4.39 Å². The zero-order chi connectivity index (χ0) is 24.2. The molecule has 2 aromatic carbocycles. The van der Waals surface area contributed by atoms with E-state index in [1.165, 1.54) is 23.9 Å². The van der Waals surface area contributed by atoms with Gasteiger partial charge in [-0.3, -0.25) is 4.57 Å². The number of nitrogen functional groups attached to an aromatic ring is 1. The Labute approximate surface area is 206 Å². The van der Waals surface area contributed by atoms with Gasteiger partial charge in [-0.1, -0.05) is 29.5 Å². The van der Waals surface area contributed by atoms with E-state index in [4.69, 9.17) is 10.5 Å². The molecule has 2 aromatic heterocycles. The summed E-state index contributed by atoms with van der Waals surface area (Å²) in [6.45, 7) is 3.39. The number of nitrogens with one attached hydrogen (secondary N) is 1. The topological polar surface area (TPSA) is 117 Å². The molecule has 35 heavy (non-hydrogen) atoms. The van der Waals surface area contributed by atoms with Gasteiger partial charge in [-0.05, 0) is 56.2 Å². The maximum atomic E-state index is 13.5. The first kappa shape index (κ1) is 23.2. The van der Waals surface area contributed by atoms with Gasteiger partial charge in [0.05, 0.1) is 18.4 Å². The van der Waals surface area contributed by atoms with Crippen LogP contribution in [0.1, 0.15) is 24.2 Å².